The number of benzene rings is 2. The van der Waals surface area contributed by atoms with E-state index in [9.17, 15) is 5.11 Å². The Morgan fingerprint density at radius 2 is 1.80 bits per heavy atom. The van der Waals surface area contributed by atoms with E-state index in [1.54, 1.807) is 30.5 Å². The van der Waals surface area contributed by atoms with Crippen molar-refractivity contribution in [1.29, 1.82) is 0 Å². The zero-order chi connectivity index (χ0) is 17.2. The fraction of sp³-hybridized carbons (Fsp3) is 0. The summed E-state index contributed by atoms with van der Waals surface area (Å²) in [6.45, 7) is 0. The predicted octanol–water partition coefficient (Wildman–Crippen LogP) is 5.46. The first kappa shape index (κ1) is 15.4. The lowest BCUT2D eigenvalue weighted by Gasteiger charge is -1.97. The first-order chi connectivity index (χ1) is 12.2. The van der Waals surface area contributed by atoms with Crippen molar-refractivity contribution in [2.45, 2.75) is 0 Å². The minimum Gasteiger partial charge on any atom is -0.479 e. The van der Waals surface area contributed by atoms with Crippen LogP contribution in [0.3, 0.4) is 0 Å². The number of aromatic hydroxyl groups is 1. The number of rotatable bonds is 3. The van der Waals surface area contributed by atoms with Crippen LogP contribution in [0.1, 0.15) is 22.7 Å². The van der Waals surface area contributed by atoms with Crippen LogP contribution < -0.4 is 0 Å². The molecule has 0 saturated carbocycles. The maximum Gasteiger partial charge on any atom is 0.310 e. The van der Waals surface area contributed by atoms with Crippen molar-refractivity contribution in [3.63, 3.8) is 0 Å². The van der Waals surface area contributed by atoms with Gasteiger partial charge in [0, 0.05) is 28.4 Å². The highest BCUT2D eigenvalue weighted by atomic mass is 35.5. The minimum absolute atomic E-state index is 0.221. The number of nitrogens with zero attached hydrogens (tertiary/aromatic N) is 2. The van der Waals surface area contributed by atoms with E-state index in [-0.39, 0.29) is 5.95 Å². The fourth-order valence-corrected chi connectivity index (χ4v) is 2.67. The maximum absolute atomic E-state index is 10.0. The van der Waals surface area contributed by atoms with E-state index in [4.69, 9.17) is 16.0 Å². The number of para-hydroxylation sites is 1. The normalized spacial score (nSPS) is 14.5. The Hall–Kier alpha value is -3.11. The average molecular weight is 349 g/mol. The molecule has 0 radical (unpaired) electrons. The van der Waals surface area contributed by atoms with Gasteiger partial charge in [-0.2, -0.15) is 0 Å². The molecule has 0 spiro atoms. The Morgan fingerprint density at radius 1 is 1.00 bits per heavy atom. The van der Waals surface area contributed by atoms with Gasteiger partial charge in [-0.1, -0.05) is 41.9 Å². The molecule has 0 unspecified atom stereocenters. The van der Waals surface area contributed by atoms with Crippen LogP contribution in [-0.4, -0.2) is 16.3 Å². The molecule has 0 amide bonds. The number of allylic oxidation sites excluding steroid dienone is 1. The zero-order valence-corrected chi connectivity index (χ0v) is 13.8. The molecular weight excluding hydrogens is 336 g/mol. The summed E-state index contributed by atoms with van der Waals surface area (Å²) < 4.78 is 5.30. The van der Waals surface area contributed by atoms with Crippen LogP contribution in [0.5, 0.6) is 5.95 Å². The van der Waals surface area contributed by atoms with Crippen molar-refractivity contribution in [3.05, 3.63) is 76.3 Å². The monoisotopic (exact) mass is 348 g/mol. The Bertz CT molecular complexity index is 1010. The number of oxazole rings is 1. The number of fused-ring (bicyclic) bond motifs is 1. The van der Waals surface area contributed by atoms with Crippen LogP contribution in [0, 0.1) is 0 Å². The molecule has 4 rings (SSSR count). The lowest BCUT2D eigenvalue weighted by atomic mass is 10.1. The van der Waals surface area contributed by atoms with Gasteiger partial charge in [0.05, 0.1) is 5.69 Å². The summed E-state index contributed by atoms with van der Waals surface area (Å²) in [6.07, 6.45) is 7.04. The fourth-order valence-electron chi connectivity index (χ4n) is 2.55. The van der Waals surface area contributed by atoms with E-state index >= 15 is 0 Å². The molecule has 2 aromatic carbocycles. The summed E-state index contributed by atoms with van der Waals surface area (Å²) in [5, 5.41) is 10.7. The highest BCUT2D eigenvalue weighted by Crippen LogP contribution is 2.33. The van der Waals surface area contributed by atoms with Gasteiger partial charge in [-0.25, -0.2) is 4.98 Å². The maximum atomic E-state index is 10.0. The van der Waals surface area contributed by atoms with Crippen molar-refractivity contribution in [2.24, 2.45) is 4.99 Å². The summed E-state index contributed by atoms with van der Waals surface area (Å²) in [5.74, 6) is 0.101. The summed E-state index contributed by atoms with van der Waals surface area (Å²) in [4.78, 5) is 8.65. The third-order valence-electron chi connectivity index (χ3n) is 3.79. The van der Waals surface area contributed by atoms with Crippen LogP contribution in [-0.2, 0) is 0 Å². The third kappa shape index (κ3) is 3.25. The van der Waals surface area contributed by atoms with Crippen LogP contribution in [0.2, 0.25) is 5.02 Å². The predicted molar refractivity (Wildman–Crippen MR) is 101 cm³/mol. The van der Waals surface area contributed by atoms with E-state index < -0.39 is 0 Å². The van der Waals surface area contributed by atoms with Gasteiger partial charge in [-0.3, -0.25) is 4.99 Å². The Balaban J connectivity index is 1.60. The molecule has 4 nitrogen and oxygen atoms in total. The van der Waals surface area contributed by atoms with Gasteiger partial charge in [-0.05, 0) is 35.9 Å². The lowest BCUT2D eigenvalue weighted by Crippen LogP contribution is -1.81. The molecule has 0 fully saturated rings. The van der Waals surface area contributed by atoms with Crippen molar-refractivity contribution < 1.29 is 9.52 Å². The number of halogens is 1. The summed E-state index contributed by atoms with van der Waals surface area (Å²) >= 11 is 5.86. The van der Waals surface area contributed by atoms with Gasteiger partial charge in [-0.15, -0.1) is 0 Å². The highest BCUT2D eigenvalue weighted by molar-refractivity contribution is 6.30. The van der Waals surface area contributed by atoms with Gasteiger partial charge in [0.2, 0.25) is 5.89 Å². The van der Waals surface area contributed by atoms with E-state index in [0.717, 1.165) is 22.4 Å². The second-order valence-corrected chi connectivity index (χ2v) is 5.94. The molecular formula is C20H13ClN2O2. The van der Waals surface area contributed by atoms with E-state index in [1.165, 1.54) is 0 Å². The molecule has 0 atom stereocenters. The molecule has 3 aromatic rings. The molecule has 25 heavy (non-hydrogen) atoms. The number of aromatic nitrogens is 1. The quantitative estimate of drug-likeness (QED) is 0.683. The smallest absolute Gasteiger partial charge is 0.310 e. The standard InChI is InChI=1S/C20H13ClN2O2/c21-15-8-5-13(6-9-15)7-10-19-23-18(20(24)25-19)11-14-12-22-17-4-2-1-3-16(14)17/h1-12,24H/b10-7+,14-11+. The molecule has 1 N–H and O–H groups in total. The van der Waals surface area contributed by atoms with Gasteiger partial charge in [0.1, 0.15) is 5.69 Å². The Morgan fingerprint density at radius 3 is 2.64 bits per heavy atom. The van der Waals surface area contributed by atoms with Crippen molar-refractivity contribution in [3.8, 4) is 5.95 Å². The topological polar surface area (TPSA) is 58.6 Å². The van der Waals surface area contributed by atoms with Crippen LogP contribution >= 0.6 is 11.6 Å². The molecule has 1 aliphatic heterocycles. The van der Waals surface area contributed by atoms with E-state index in [2.05, 4.69) is 9.98 Å². The van der Waals surface area contributed by atoms with Gasteiger partial charge in [0.25, 0.3) is 0 Å². The number of aliphatic imine (C=N–C) groups is 1. The Kier molecular flexibility index (Phi) is 3.96. The van der Waals surface area contributed by atoms with Gasteiger partial charge < -0.3 is 9.52 Å². The second-order valence-electron chi connectivity index (χ2n) is 5.50. The van der Waals surface area contributed by atoms with Crippen molar-refractivity contribution in [2.75, 3.05) is 0 Å². The summed E-state index contributed by atoms with van der Waals surface area (Å²) in [6, 6.07) is 15.2. The molecule has 0 saturated heterocycles. The van der Waals surface area contributed by atoms with Crippen LogP contribution in [0.15, 0.2) is 57.9 Å². The van der Waals surface area contributed by atoms with Crippen LogP contribution in [0.25, 0.3) is 23.8 Å². The molecule has 122 valence electrons. The van der Waals surface area contributed by atoms with E-state index in [1.807, 2.05) is 42.5 Å². The molecule has 0 aliphatic carbocycles. The lowest BCUT2D eigenvalue weighted by molar-refractivity contribution is 0.328. The summed E-state index contributed by atoms with van der Waals surface area (Å²) in [5.41, 5.74) is 4.11. The largest absolute Gasteiger partial charge is 0.479 e. The van der Waals surface area contributed by atoms with Crippen LogP contribution in [0.4, 0.5) is 5.69 Å². The third-order valence-corrected chi connectivity index (χ3v) is 4.04. The zero-order valence-electron chi connectivity index (χ0n) is 13.1. The molecule has 1 aliphatic rings. The number of hydrogen-bond acceptors (Lipinski definition) is 4. The van der Waals surface area contributed by atoms with E-state index in [0.29, 0.717) is 16.6 Å². The van der Waals surface area contributed by atoms with Gasteiger partial charge >= 0.3 is 5.95 Å². The highest BCUT2D eigenvalue weighted by Gasteiger charge is 2.14. The second kappa shape index (κ2) is 6.42. The average Bonchev–Trinajstić information content (AvgIpc) is 3.19. The summed E-state index contributed by atoms with van der Waals surface area (Å²) in [7, 11) is 0. The van der Waals surface area contributed by atoms with Crippen molar-refractivity contribution >= 4 is 47.3 Å². The molecule has 1 aromatic heterocycles. The Labute approximate surface area is 149 Å². The van der Waals surface area contributed by atoms with Gasteiger partial charge in [0.15, 0.2) is 0 Å². The molecule has 2 heterocycles. The first-order valence-corrected chi connectivity index (χ1v) is 8.05. The van der Waals surface area contributed by atoms with Crippen molar-refractivity contribution in [1.82, 2.24) is 4.98 Å². The first-order valence-electron chi connectivity index (χ1n) is 7.68. The SMILES string of the molecule is Oc1oc(/C=C/c2ccc(Cl)cc2)nc1/C=C1\C=Nc2ccccc21. The molecule has 0 bridgehead atoms. The molecule has 5 heteroatoms. The minimum atomic E-state index is -0.221. The number of hydrogen-bond donors (Lipinski definition) is 1.